The van der Waals surface area contributed by atoms with Crippen LogP contribution in [0.15, 0.2) is 72.8 Å². The number of rotatable bonds is 10. The molecule has 17 nitrogen and oxygen atoms in total. The van der Waals surface area contributed by atoms with Crippen molar-refractivity contribution in [3.05, 3.63) is 120 Å². The molecule has 0 saturated carbocycles. The van der Waals surface area contributed by atoms with Crippen LogP contribution in [0.4, 0.5) is 17.1 Å². The normalized spacial score (nSPS) is 19.2. The van der Waals surface area contributed by atoms with Crippen LogP contribution in [0.25, 0.3) is 0 Å². The third kappa shape index (κ3) is 7.10. The van der Waals surface area contributed by atoms with Gasteiger partial charge in [-0.25, -0.2) is 14.4 Å². The van der Waals surface area contributed by atoms with Crippen molar-refractivity contribution in [1.29, 1.82) is 0 Å². The summed E-state index contributed by atoms with van der Waals surface area (Å²) >= 11 is 0. The van der Waals surface area contributed by atoms with Crippen LogP contribution in [-0.4, -0.2) is 69.0 Å². The minimum Gasteiger partial charge on any atom is -0.459 e. The van der Waals surface area contributed by atoms with Crippen LogP contribution in [0.5, 0.6) is 0 Å². The Bertz CT molecular complexity index is 1560. The van der Waals surface area contributed by atoms with Gasteiger partial charge in [0, 0.05) is 36.4 Å². The summed E-state index contributed by atoms with van der Waals surface area (Å²) in [4.78, 5) is 68.8. The van der Waals surface area contributed by atoms with Gasteiger partial charge in [-0.15, -0.1) is 0 Å². The fourth-order valence-electron chi connectivity index (χ4n) is 3.89. The molecule has 17 heteroatoms. The van der Waals surface area contributed by atoms with Gasteiger partial charge in [-0.3, -0.25) is 30.3 Å². The second-order valence-electron chi connectivity index (χ2n) is 8.82. The van der Waals surface area contributed by atoms with E-state index in [0.29, 0.717) is 0 Å². The molecule has 222 valence electrons. The zero-order chi connectivity index (χ0) is 31.3. The van der Waals surface area contributed by atoms with Crippen LogP contribution in [-0.2, 0) is 18.9 Å². The van der Waals surface area contributed by atoms with Gasteiger partial charge in [-0.2, -0.15) is 0 Å². The molecule has 1 saturated heterocycles. The molecule has 0 aromatic heterocycles. The highest BCUT2D eigenvalue weighted by Crippen LogP contribution is 2.28. The number of aliphatic hydroxyl groups excluding tert-OH is 1. The molecule has 0 bridgehead atoms. The average molecular weight is 597 g/mol. The van der Waals surface area contributed by atoms with E-state index in [2.05, 4.69) is 0 Å². The second kappa shape index (κ2) is 12.8. The molecule has 43 heavy (non-hydrogen) atoms. The van der Waals surface area contributed by atoms with Gasteiger partial charge in [0.15, 0.2) is 18.5 Å². The monoisotopic (exact) mass is 597 g/mol. The predicted molar refractivity (Wildman–Crippen MR) is 139 cm³/mol. The van der Waals surface area contributed by atoms with E-state index < -0.39 is 63.9 Å². The Morgan fingerprint density at radius 3 is 1.35 bits per heavy atom. The minimum absolute atomic E-state index is 0.0651. The molecule has 3 aromatic carbocycles. The average Bonchev–Trinajstić information content (AvgIpc) is 3.28. The number of nitro benzene ring substituents is 3. The number of ether oxygens (including phenoxy) is 4. The number of nitrogens with zero attached hydrogens (tertiary/aromatic N) is 3. The Labute approximate surface area is 239 Å². The van der Waals surface area contributed by atoms with Crippen molar-refractivity contribution in [2.24, 2.45) is 0 Å². The number of carbonyl (C=O) groups excluding carboxylic acids is 3. The minimum atomic E-state index is -1.89. The summed E-state index contributed by atoms with van der Waals surface area (Å²) < 4.78 is 21.3. The lowest BCUT2D eigenvalue weighted by atomic mass is 10.1. The Balaban J connectivity index is 1.53. The van der Waals surface area contributed by atoms with Crippen LogP contribution in [0.1, 0.15) is 31.1 Å². The van der Waals surface area contributed by atoms with E-state index in [1.54, 1.807) is 0 Å². The molecule has 3 aromatic rings. The number of hydrogen-bond acceptors (Lipinski definition) is 14. The fraction of sp³-hybridized carbons (Fsp3) is 0.192. The SMILES string of the molecule is O=C(OC[C@H]1O[C@H](O)[C@H](OC(=O)c2ccc([N+](=O)[O-])cc2)[C@@H]1OC(=O)c1ccc([N+](=O)[O-])cc1)c1ccc([N+](=O)[O-])cc1. The van der Waals surface area contributed by atoms with Crippen molar-refractivity contribution in [1.82, 2.24) is 0 Å². The predicted octanol–water partition coefficient (Wildman–Crippen LogP) is 2.74. The van der Waals surface area contributed by atoms with E-state index in [4.69, 9.17) is 18.9 Å². The number of hydrogen-bond donors (Lipinski definition) is 1. The lowest BCUT2D eigenvalue weighted by Crippen LogP contribution is -2.42. The van der Waals surface area contributed by atoms with Gasteiger partial charge >= 0.3 is 17.9 Å². The van der Waals surface area contributed by atoms with E-state index in [1.165, 1.54) is 0 Å². The second-order valence-corrected chi connectivity index (χ2v) is 8.82. The van der Waals surface area contributed by atoms with Crippen molar-refractivity contribution in [3.8, 4) is 0 Å². The van der Waals surface area contributed by atoms with Crippen LogP contribution >= 0.6 is 0 Å². The highest BCUT2D eigenvalue weighted by molar-refractivity contribution is 5.91. The lowest BCUT2D eigenvalue weighted by Gasteiger charge is -2.23. The number of carbonyl (C=O) groups is 3. The third-order valence-electron chi connectivity index (χ3n) is 6.09. The maximum absolute atomic E-state index is 12.9. The number of non-ortho nitro benzene ring substituents is 3. The molecule has 1 aliphatic heterocycles. The molecule has 0 aliphatic carbocycles. The lowest BCUT2D eigenvalue weighted by molar-refractivity contribution is -0.385. The first-order valence-electron chi connectivity index (χ1n) is 12.1. The summed E-state index contributed by atoms with van der Waals surface area (Å²) in [5.74, 6) is -3.07. The molecule has 4 rings (SSSR count). The number of esters is 3. The van der Waals surface area contributed by atoms with Crippen molar-refractivity contribution in [2.45, 2.75) is 24.6 Å². The molecule has 0 spiro atoms. The molecule has 4 atom stereocenters. The van der Waals surface area contributed by atoms with Crippen LogP contribution in [0.3, 0.4) is 0 Å². The summed E-state index contributed by atoms with van der Waals surface area (Å²) in [6, 6.07) is 13.0. The largest absolute Gasteiger partial charge is 0.459 e. The quantitative estimate of drug-likeness (QED) is 0.153. The van der Waals surface area contributed by atoms with E-state index >= 15 is 0 Å². The van der Waals surface area contributed by atoms with Gasteiger partial charge in [-0.05, 0) is 36.4 Å². The number of aliphatic hydroxyl groups is 1. The van der Waals surface area contributed by atoms with Crippen molar-refractivity contribution in [3.63, 3.8) is 0 Å². The molecule has 0 radical (unpaired) electrons. The van der Waals surface area contributed by atoms with Crippen molar-refractivity contribution in [2.75, 3.05) is 6.61 Å². The molecule has 1 fully saturated rings. The summed E-state index contributed by atoms with van der Waals surface area (Å²) in [6.45, 7) is -0.642. The molecule has 1 aliphatic rings. The van der Waals surface area contributed by atoms with Gasteiger partial charge in [0.2, 0.25) is 0 Å². The molecular weight excluding hydrogens is 578 g/mol. The topological polar surface area (TPSA) is 238 Å². The first-order chi connectivity index (χ1) is 20.4. The van der Waals surface area contributed by atoms with E-state index in [1.807, 2.05) is 0 Å². The first kappa shape index (κ1) is 30.2. The van der Waals surface area contributed by atoms with Gasteiger partial charge in [0.1, 0.15) is 12.7 Å². The molecule has 1 N–H and O–H groups in total. The Kier molecular flexibility index (Phi) is 8.97. The zero-order valence-corrected chi connectivity index (χ0v) is 21.5. The molecule has 0 unspecified atom stereocenters. The van der Waals surface area contributed by atoms with E-state index in [-0.39, 0.29) is 33.8 Å². The summed E-state index contributed by atoms with van der Waals surface area (Å²) in [5.41, 5.74) is -1.23. The van der Waals surface area contributed by atoms with Crippen LogP contribution in [0, 0.1) is 30.3 Å². The summed E-state index contributed by atoms with van der Waals surface area (Å²) in [5, 5.41) is 43.2. The standard InChI is InChI=1S/C26H19N3O14/c30-23(14-1-7-17(8-2-14)27(34)35)40-13-20-21(42-24(31)15-3-9-18(10-4-15)28(36)37)22(26(33)41-20)43-25(32)16-5-11-19(12-6-16)29(38)39/h1-12,20-22,26,33H,13H2/t20-,21-,22-,26+/m1/s1. The van der Waals surface area contributed by atoms with Gasteiger partial charge in [-0.1, -0.05) is 0 Å². The molecule has 1 heterocycles. The fourth-order valence-corrected chi connectivity index (χ4v) is 3.89. The van der Waals surface area contributed by atoms with Gasteiger partial charge in [0.25, 0.3) is 17.1 Å². The summed E-state index contributed by atoms with van der Waals surface area (Å²) in [7, 11) is 0. The van der Waals surface area contributed by atoms with E-state index in [0.717, 1.165) is 72.8 Å². The molecular formula is C26H19N3O14. The zero-order valence-electron chi connectivity index (χ0n) is 21.5. The van der Waals surface area contributed by atoms with Gasteiger partial charge < -0.3 is 24.1 Å². The smallest absolute Gasteiger partial charge is 0.338 e. The maximum atomic E-state index is 12.9. The Hall–Kier alpha value is -5.81. The van der Waals surface area contributed by atoms with Crippen molar-refractivity contribution >= 4 is 35.0 Å². The van der Waals surface area contributed by atoms with Gasteiger partial charge in [0.05, 0.1) is 31.5 Å². The highest BCUT2D eigenvalue weighted by Gasteiger charge is 2.50. The van der Waals surface area contributed by atoms with E-state index in [9.17, 15) is 49.8 Å². The maximum Gasteiger partial charge on any atom is 0.338 e. The number of benzene rings is 3. The third-order valence-corrected chi connectivity index (χ3v) is 6.09. The molecule has 0 amide bonds. The Morgan fingerprint density at radius 1 is 0.628 bits per heavy atom. The van der Waals surface area contributed by atoms with Crippen LogP contribution in [0.2, 0.25) is 0 Å². The van der Waals surface area contributed by atoms with Crippen molar-refractivity contribution < 1.29 is 53.2 Å². The Morgan fingerprint density at radius 2 is 0.977 bits per heavy atom. The first-order valence-corrected chi connectivity index (χ1v) is 12.1. The number of nitro groups is 3. The summed E-state index contributed by atoms with van der Waals surface area (Å²) in [6.07, 6.45) is -6.54. The highest BCUT2D eigenvalue weighted by atomic mass is 16.7. The van der Waals surface area contributed by atoms with Crippen LogP contribution < -0.4 is 0 Å².